The molecule has 0 saturated carbocycles. The van der Waals surface area contributed by atoms with E-state index in [4.69, 9.17) is 14.2 Å². The normalized spacial score (nSPS) is 34.6. The van der Waals surface area contributed by atoms with Crippen LogP contribution in [0.2, 0.25) is 0 Å². The Morgan fingerprint density at radius 3 is 2.59 bits per heavy atom. The Bertz CT molecular complexity index is 691. The number of rotatable bonds is 1. The van der Waals surface area contributed by atoms with Gasteiger partial charge in [-0.2, -0.15) is 0 Å². The first-order valence-electron chi connectivity index (χ1n) is 9.13. The number of aliphatic hydroxyl groups excluding tert-OH is 3. The maximum Gasteiger partial charge on any atom is 0.342 e. The molecule has 2 heterocycles. The summed E-state index contributed by atoms with van der Waals surface area (Å²) in [4.78, 5) is 12.6. The van der Waals surface area contributed by atoms with Crippen LogP contribution in [-0.2, 0) is 9.47 Å². The van der Waals surface area contributed by atoms with Crippen LogP contribution >= 0.6 is 0 Å². The van der Waals surface area contributed by atoms with Crippen molar-refractivity contribution < 1.29 is 39.4 Å². The molecule has 6 atom stereocenters. The second-order valence-electron chi connectivity index (χ2n) is 7.21. The number of hydrogen-bond donors (Lipinski definition) is 4. The highest BCUT2D eigenvalue weighted by atomic mass is 16.5. The number of carbonyl (C=O) groups excluding carboxylic acids is 1. The van der Waals surface area contributed by atoms with E-state index in [-0.39, 0.29) is 29.0 Å². The van der Waals surface area contributed by atoms with E-state index in [0.717, 1.165) is 0 Å². The molecule has 0 amide bonds. The number of carbonyl (C=O) groups is 1. The fraction of sp³-hybridized carbons (Fsp3) is 0.632. The molecule has 2 bridgehead atoms. The van der Waals surface area contributed by atoms with Crippen LogP contribution in [0.1, 0.15) is 54.6 Å². The van der Waals surface area contributed by atoms with Crippen LogP contribution in [0.4, 0.5) is 0 Å². The lowest BCUT2D eigenvalue weighted by Crippen LogP contribution is -2.34. The third-order valence-corrected chi connectivity index (χ3v) is 5.22. The molecule has 1 fully saturated rings. The molecule has 3 rings (SSSR count). The third-order valence-electron chi connectivity index (χ3n) is 5.22. The number of esters is 1. The first-order chi connectivity index (χ1) is 12.8. The van der Waals surface area contributed by atoms with Crippen LogP contribution in [-0.4, -0.2) is 64.0 Å². The van der Waals surface area contributed by atoms with Gasteiger partial charge in [0.1, 0.15) is 29.3 Å². The topological polar surface area (TPSA) is 126 Å². The largest absolute Gasteiger partial charge is 0.507 e. The fourth-order valence-electron chi connectivity index (χ4n) is 3.75. The van der Waals surface area contributed by atoms with E-state index in [0.29, 0.717) is 19.3 Å². The van der Waals surface area contributed by atoms with Crippen molar-refractivity contribution in [2.24, 2.45) is 0 Å². The summed E-state index contributed by atoms with van der Waals surface area (Å²) in [5.41, 5.74) is -0.0629. The van der Waals surface area contributed by atoms with Crippen molar-refractivity contribution in [2.45, 2.75) is 69.2 Å². The minimum absolute atomic E-state index is 0.0890. The number of fused-ring (bicyclic) bond motifs is 3. The summed E-state index contributed by atoms with van der Waals surface area (Å²) in [6.07, 6.45) is -3.73. The molecule has 1 aromatic rings. The van der Waals surface area contributed by atoms with Gasteiger partial charge in [0, 0.05) is 18.1 Å². The highest BCUT2D eigenvalue weighted by Gasteiger charge is 2.43. The average molecular weight is 382 g/mol. The first kappa shape index (κ1) is 19.9. The molecule has 0 spiro atoms. The zero-order valence-electron chi connectivity index (χ0n) is 15.4. The van der Waals surface area contributed by atoms with Crippen molar-refractivity contribution in [2.75, 3.05) is 7.11 Å². The monoisotopic (exact) mass is 382 g/mol. The fourth-order valence-corrected chi connectivity index (χ4v) is 3.75. The van der Waals surface area contributed by atoms with Gasteiger partial charge >= 0.3 is 5.97 Å². The zero-order chi connectivity index (χ0) is 19.7. The summed E-state index contributed by atoms with van der Waals surface area (Å²) in [6.45, 7) is 1.72. The van der Waals surface area contributed by atoms with Crippen LogP contribution in [0.15, 0.2) is 12.1 Å². The number of aliphatic hydroxyl groups is 3. The number of phenols is 1. The van der Waals surface area contributed by atoms with Gasteiger partial charge in [0.05, 0.1) is 31.5 Å². The first-order valence-corrected chi connectivity index (χ1v) is 9.13. The summed E-state index contributed by atoms with van der Waals surface area (Å²) < 4.78 is 16.2. The van der Waals surface area contributed by atoms with E-state index in [1.165, 1.54) is 19.2 Å². The second kappa shape index (κ2) is 8.02. The number of aromatic hydroxyl groups is 1. The lowest BCUT2D eigenvalue weighted by Gasteiger charge is -2.23. The SMILES string of the molecule is COc1cc(O)c2c(c1)[C@@H](O)[C@@H]1C[C@H](O)[C@@H](O1)[C@@H](O)CCC[C@H](C)OC2=O. The zero-order valence-corrected chi connectivity index (χ0v) is 15.4. The average Bonchev–Trinajstić information content (AvgIpc) is 3.01. The van der Waals surface area contributed by atoms with Gasteiger partial charge < -0.3 is 34.6 Å². The predicted octanol–water partition coefficient (Wildman–Crippen LogP) is 1.04. The number of benzene rings is 1. The van der Waals surface area contributed by atoms with Crippen molar-refractivity contribution in [3.63, 3.8) is 0 Å². The molecule has 1 saturated heterocycles. The number of hydrogen-bond acceptors (Lipinski definition) is 8. The third kappa shape index (κ3) is 4.03. The molecule has 0 aromatic heterocycles. The molecule has 150 valence electrons. The highest BCUT2D eigenvalue weighted by Crippen LogP contribution is 2.39. The molecule has 0 aliphatic carbocycles. The molecular formula is C19H26O8. The molecule has 2 aliphatic heterocycles. The van der Waals surface area contributed by atoms with Gasteiger partial charge in [-0.3, -0.25) is 0 Å². The molecule has 2 aliphatic rings. The summed E-state index contributed by atoms with van der Waals surface area (Å²) >= 11 is 0. The number of phenolic OH excluding ortho intramolecular Hbond substituents is 1. The molecular weight excluding hydrogens is 356 g/mol. The van der Waals surface area contributed by atoms with E-state index in [1.54, 1.807) is 6.92 Å². The molecule has 0 unspecified atom stereocenters. The minimum atomic E-state index is -1.32. The van der Waals surface area contributed by atoms with Crippen LogP contribution in [0.3, 0.4) is 0 Å². The maximum absolute atomic E-state index is 12.6. The van der Waals surface area contributed by atoms with Gasteiger partial charge in [-0.1, -0.05) is 0 Å². The molecule has 1 aromatic carbocycles. The van der Waals surface area contributed by atoms with E-state index in [2.05, 4.69) is 0 Å². The van der Waals surface area contributed by atoms with E-state index < -0.39 is 42.6 Å². The molecule has 0 radical (unpaired) electrons. The van der Waals surface area contributed by atoms with Gasteiger partial charge in [0.25, 0.3) is 0 Å². The van der Waals surface area contributed by atoms with Gasteiger partial charge in [-0.25, -0.2) is 4.79 Å². The van der Waals surface area contributed by atoms with Crippen LogP contribution < -0.4 is 4.74 Å². The van der Waals surface area contributed by atoms with E-state index in [1.807, 2.05) is 0 Å². The molecule has 8 heteroatoms. The summed E-state index contributed by atoms with van der Waals surface area (Å²) in [7, 11) is 1.40. The lowest BCUT2D eigenvalue weighted by molar-refractivity contribution is -0.0945. The quantitative estimate of drug-likeness (QED) is 0.531. The van der Waals surface area contributed by atoms with Crippen molar-refractivity contribution >= 4 is 5.97 Å². The number of methoxy groups -OCH3 is 1. The molecule has 27 heavy (non-hydrogen) atoms. The number of ether oxygens (including phenoxy) is 3. The van der Waals surface area contributed by atoms with Crippen molar-refractivity contribution in [3.8, 4) is 11.5 Å². The standard InChI is InChI=1S/C19H26O8/c1-9-4-3-5-12(20)18-14(22)8-15(27-18)17(23)11-6-10(25-2)7-13(21)16(11)19(24)26-9/h6-7,9,12,14-15,17-18,20-23H,3-5,8H2,1-2H3/t9-,12-,14-,15-,17+,18-/m0/s1. The molecule has 8 nitrogen and oxygen atoms in total. The summed E-state index contributed by atoms with van der Waals surface area (Å²) in [5.74, 6) is -0.872. The van der Waals surface area contributed by atoms with Crippen LogP contribution in [0.5, 0.6) is 11.5 Å². The second-order valence-corrected chi connectivity index (χ2v) is 7.21. The Morgan fingerprint density at radius 1 is 1.15 bits per heavy atom. The Labute approximate surface area is 157 Å². The van der Waals surface area contributed by atoms with Gasteiger partial charge in [0.2, 0.25) is 0 Å². The van der Waals surface area contributed by atoms with Crippen LogP contribution in [0.25, 0.3) is 0 Å². The van der Waals surface area contributed by atoms with Gasteiger partial charge in [0.15, 0.2) is 0 Å². The van der Waals surface area contributed by atoms with Crippen LogP contribution in [0, 0.1) is 0 Å². The van der Waals surface area contributed by atoms with Crippen molar-refractivity contribution in [1.29, 1.82) is 0 Å². The van der Waals surface area contributed by atoms with Gasteiger partial charge in [-0.05, 0) is 32.3 Å². The Morgan fingerprint density at radius 2 is 1.89 bits per heavy atom. The van der Waals surface area contributed by atoms with Crippen molar-refractivity contribution in [1.82, 2.24) is 0 Å². The van der Waals surface area contributed by atoms with Gasteiger partial charge in [-0.15, -0.1) is 0 Å². The smallest absolute Gasteiger partial charge is 0.342 e. The summed E-state index contributed by atoms with van der Waals surface area (Å²) in [5, 5.41) is 41.8. The Kier molecular flexibility index (Phi) is 5.90. The molecule has 4 N–H and O–H groups in total. The van der Waals surface area contributed by atoms with E-state index in [9.17, 15) is 25.2 Å². The Hall–Kier alpha value is -1.87. The Balaban J connectivity index is 2.05. The minimum Gasteiger partial charge on any atom is -0.507 e. The lowest BCUT2D eigenvalue weighted by atomic mass is 9.94. The number of cyclic esters (lactones) is 1. The highest BCUT2D eigenvalue weighted by molar-refractivity contribution is 5.94. The van der Waals surface area contributed by atoms with Crippen molar-refractivity contribution in [3.05, 3.63) is 23.3 Å². The van der Waals surface area contributed by atoms with E-state index >= 15 is 0 Å². The predicted molar refractivity (Wildman–Crippen MR) is 93.6 cm³/mol. The maximum atomic E-state index is 12.6. The summed E-state index contributed by atoms with van der Waals surface area (Å²) in [6, 6.07) is 2.71.